The molecule has 1 aromatic carbocycles. The molecule has 0 fully saturated rings. The van der Waals surface area contributed by atoms with Crippen molar-refractivity contribution in [1.29, 1.82) is 0 Å². The lowest BCUT2D eigenvalue weighted by Gasteiger charge is -2.22. The molecule has 4 heteroatoms. The second kappa shape index (κ2) is 6.59. The number of hydrogen-bond donors (Lipinski definition) is 1. The van der Waals surface area contributed by atoms with E-state index in [0.717, 1.165) is 11.3 Å². The van der Waals surface area contributed by atoms with Gasteiger partial charge in [-0.3, -0.25) is 4.98 Å². The third-order valence-electron chi connectivity index (χ3n) is 2.81. The first-order valence-corrected chi connectivity index (χ1v) is 7.39. The molecule has 0 aliphatic carbocycles. The number of nitrogens with zero attached hydrogens (tertiary/aromatic N) is 1. The standard InChI is InChI=1S/C15H18N2OS/c1-11(16)15(12-4-3-9-17-10-12)18-13-5-7-14(19-2)8-6-13/h3-11,15H,16H2,1-2H3. The summed E-state index contributed by atoms with van der Waals surface area (Å²) in [6, 6.07) is 11.8. The normalized spacial score (nSPS) is 13.8. The van der Waals surface area contributed by atoms with Crippen molar-refractivity contribution in [3.8, 4) is 5.75 Å². The molecule has 0 spiro atoms. The van der Waals surface area contributed by atoms with Gasteiger partial charge in [0.1, 0.15) is 11.9 Å². The molecule has 0 saturated carbocycles. The lowest BCUT2D eigenvalue weighted by Crippen LogP contribution is -2.29. The van der Waals surface area contributed by atoms with Crippen molar-refractivity contribution >= 4 is 11.8 Å². The van der Waals surface area contributed by atoms with Gasteiger partial charge in [0.2, 0.25) is 0 Å². The van der Waals surface area contributed by atoms with Crippen LogP contribution in [0.15, 0.2) is 53.7 Å². The van der Waals surface area contributed by atoms with Gasteiger partial charge in [-0.15, -0.1) is 11.8 Å². The van der Waals surface area contributed by atoms with E-state index < -0.39 is 0 Å². The number of benzene rings is 1. The van der Waals surface area contributed by atoms with Crippen LogP contribution in [0.5, 0.6) is 5.75 Å². The number of nitrogens with two attached hydrogens (primary N) is 1. The molecule has 0 aliphatic heterocycles. The van der Waals surface area contributed by atoms with E-state index in [0.29, 0.717) is 0 Å². The highest BCUT2D eigenvalue weighted by Crippen LogP contribution is 2.25. The van der Waals surface area contributed by atoms with E-state index >= 15 is 0 Å². The highest BCUT2D eigenvalue weighted by molar-refractivity contribution is 7.98. The SMILES string of the molecule is CSc1ccc(OC(c2cccnc2)C(C)N)cc1. The third kappa shape index (κ3) is 3.72. The van der Waals surface area contributed by atoms with Gasteiger partial charge in [0.25, 0.3) is 0 Å². The zero-order valence-electron chi connectivity index (χ0n) is 11.1. The number of ether oxygens (including phenoxy) is 1. The van der Waals surface area contributed by atoms with Crippen LogP contribution in [0, 0.1) is 0 Å². The summed E-state index contributed by atoms with van der Waals surface area (Å²) in [6.45, 7) is 1.94. The summed E-state index contributed by atoms with van der Waals surface area (Å²) in [5.74, 6) is 0.823. The third-order valence-corrected chi connectivity index (χ3v) is 3.56. The van der Waals surface area contributed by atoms with Crippen molar-refractivity contribution in [3.05, 3.63) is 54.4 Å². The predicted molar refractivity (Wildman–Crippen MR) is 79.5 cm³/mol. The van der Waals surface area contributed by atoms with Crippen LogP contribution in [0.2, 0.25) is 0 Å². The number of pyridine rings is 1. The van der Waals surface area contributed by atoms with Gasteiger partial charge >= 0.3 is 0 Å². The molecule has 0 radical (unpaired) electrons. The maximum absolute atomic E-state index is 6.02. The number of hydrogen-bond acceptors (Lipinski definition) is 4. The summed E-state index contributed by atoms with van der Waals surface area (Å²) in [5.41, 5.74) is 7.01. The van der Waals surface area contributed by atoms with Crippen molar-refractivity contribution in [2.45, 2.75) is 24.0 Å². The molecular weight excluding hydrogens is 256 g/mol. The van der Waals surface area contributed by atoms with E-state index in [-0.39, 0.29) is 12.1 Å². The Hall–Kier alpha value is -1.52. The number of thioether (sulfide) groups is 1. The summed E-state index contributed by atoms with van der Waals surface area (Å²) in [7, 11) is 0. The Labute approximate surface area is 118 Å². The van der Waals surface area contributed by atoms with Crippen LogP contribution in [0.25, 0.3) is 0 Å². The van der Waals surface area contributed by atoms with E-state index in [1.54, 1.807) is 24.2 Å². The minimum absolute atomic E-state index is 0.107. The van der Waals surface area contributed by atoms with E-state index in [9.17, 15) is 0 Å². The van der Waals surface area contributed by atoms with Gasteiger partial charge < -0.3 is 10.5 Å². The lowest BCUT2D eigenvalue weighted by molar-refractivity contribution is 0.180. The molecule has 19 heavy (non-hydrogen) atoms. The average Bonchev–Trinajstić information content (AvgIpc) is 2.46. The van der Waals surface area contributed by atoms with Crippen molar-refractivity contribution in [3.63, 3.8) is 0 Å². The second-order valence-corrected chi connectivity index (χ2v) is 5.24. The Morgan fingerprint density at radius 3 is 2.47 bits per heavy atom. The predicted octanol–water partition coefficient (Wildman–Crippen LogP) is 3.27. The summed E-state index contributed by atoms with van der Waals surface area (Å²) >= 11 is 1.71. The van der Waals surface area contributed by atoms with Gasteiger partial charge in [-0.1, -0.05) is 6.07 Å². The summed E-state index contributed by atoms with van der Waals surface area (Å²) in [4.78, 5) is 5.33. The minimum atomic E-state index is -0.186. The molecular formula is C15H18N2OS. The fraction of sp³-hybridized carbons (Fsp3) is 0.267. The molecule has 1 aromatic heterocycles. The first kappa shape index (κ1) is 13.9. The monoisotopic (exact) mass is 274 g/mol. The molecule has 2 rings (SSSR count). The van der Waals surface area contributed by atoms with Crippen molar-refractivity contribution in [2.75, 3.05) is 6.26 Å². The molecule has 2 N–H and O–H groups in total. The minimum Gasteiger partial charge on any atom is -0.484 e. The van der Waals surface area contributed by atoms with Crippen LogP contribution in [0.3, 0.4) is 0 Å². The van der Waals surface area contributed by atoms with Crippen LogP contribution < -0.4 is 10.5 Å². The van der Waals surface area contributed by atoms with Gasteiger partial charge in [-0.25, -0.2) is 0 Å². The van der Waals surface area contributed by atoms with E-state index in [1.165, 1.54) is 4.90 Å². The molecule has 0 aliphatic rings. The van der Waals surface area contributed by atoms with E-state index in [1.807, 2.05) is 43.3 Å². The molecule has 0 saturated heterocycles. The van der Waals surface area contributed by atoms with Crippen molar-refractivity contribution in [2.24, 2.45) is 5.73 Å². The van der Waals surface area contributed by atoms with Crippen LogP contribution in [-0.2, 0) is 0 Å². The quantitative estimate of drug-likeness (QED) is 0.850. The first-order valence-electron chi connectivity index (χ1n) is 6.17. The van der Waals surface area contributed by atoms with Gasteiger partial charge in [0, 0.05) is 28.9 Å². The summed E-state index contributed by atoms with van der Waals surface area (Å²) < 4.78 is 5.99. The molecule has 3 nitrogen and oxygen atoms in total. The van der Waals surface area contributed by atoms with Gasteiger partial charge in [-0.2, -0.15) is 0 Å². The molecule has 2 atom stereocenters. The van der Waals surface area contributed by atoms with Gasteiger partial charge in [0.15, 0.2) is 0 Å². The highest BCUT2D eigenvalue weighted by Gasteiger charge is 2.18. The Balaban J connectivity index is 2.17. The molecule has 2 unspecified atom stereocenters. The number of rotatable bonds is 5. The topological polar surface area (TPSA) is 48.1 Å². The number of aromatic nitrogens is 1. The highest BCUT2D eigenvalue weighted by atomic mass is 32.2. The van der Waals surface area contributed by atoms with Gasteiger partial charge in [-0.05, 0) is 43.5 Å². The van der Waals surface area contributed by atoms with E-state index in [4.69, 9.17) is 10.5 Å². The van der Waals surface area contributed by atoms with Crippen LogP contribution in [0.1, 0.15) is 18.6 Å². The van der Waals surface area contributed by atoms with Crippen LogP contribution in [0.4, 0.5) is 0 Å². The molecule has 0 amide bonds. The molecule has 1 heterocycles. The van der Waals surface area contributed by atoms with Crippen molar-refractivity contribution in [1.82, 2.24) is 4.98 Å². The molecule has 2 aromatic rings. The Morgan fingerprint density at radius 2 is 1.95 bits per heavy atom. The zero-order chi connectivity index (χ0) is 13.7. The summed E-state index contributed by atoms with van der Waals surface area (Å²) in [5, 5.41) is 0. The van der Waals surface area contributed by atoms with Crippen molar-refractivity contribution < 1.29 is 4.74 Å². The largest absolute Gasteiger partial charge is 0.484 e. The van der Waals surface area contributed by atoms with E-state index in [2.05, 4.69) is 11.2 Å². The Morgan fingerprint density at radius 1 is 1.21 bits per heavy atom. The van der Waals surface area contributed by atoms with Crippen LogP contribution in [-0.4, -0.2) is 17.3 Å². The zero-order valence-corrected chi connectivity index (χ0v) is 11.9. The maximum atomic E-state index is 6.02. The first-order chi connectivity index (χ1) is 9.20. The Bertz CT molecular complexity index is 499. The smallest absolute Gasteiger partial charge is 0.140 e. The maximum Gasteiger partial charge on any atom is 0.140 e. The average molecular weight is 274 g/mol. The fourth-order valence-corrected chi connectivity index (χ4v) is 2.23. The van der Waals surface area contributed by atoms with Gasteiger partial charge in [0.05, 0.1) is 0 Å². The fourth-order valence-electron chi connectivity index (χ4n) is 1.82. The Kier molecular flexibility index (Phi) is 4.82. The molecule has 100 valence electrons. The molecule has 0 bridgehead atoms. The lowest BCUT2D eigenvalue weighted by atomic mass is 10.1. The second-order valence-electron chi connectivity index (χ2n) is 4.36. The van der Waals surface area contributed by atoms with Crippen LogP contribution >= 0.6 is 11.8 Å². The summed E-state index contributed by atoms with van der Waals surface area (Å²) in [6.07, 6.45) is 5.41.